The number of esters is 2. The van der Waals surface area contributed by atoms with Gasteiger partial charge in [-0.15, -0.1) is 0 Å². The van der Waals surface area contributed by atoms with Crippen molar-refractivity contribution in [2.75, 3.05) is 33.0 Å². The molecule has 0 saturated heterocycles. The largest absolute Gasteiger partial charge is 0.465 e. The van der Waals surface area contributed by atoms with E-state index in [1.165, 1.54) is 19.3 Å². The van der Waals surface area contributed by atoms with Crippen LogP contribution in [-0.4, -0.2) is 62.2 Å². The molecule has 28 heavy (non-hydrogen) atoms. The summed E-state index contributed by atoms with van der Waals surface area (Å²) in [6.07, 6.45) is 8.43. The second-order valence-corrected chi connectivity index (χ2v) is 7.37. The third-order valence-electron chi connectivity index (χ3n) is 5.15. The zero-order valence-electron chi connectivity index (χ0n) is 17.6. The van der Waals surface area contributed by atoms with Gasteiger partial charge in [0.15, 0.2) is 0 Å². The molecule has 1 aliphatic carbocycles. The van der Waals surface area contributed by atoms with Gasteiger partial charge in [0.25, 0.3) is 0 Å². The summed E-state index contributed by atoms with van der Waals surface area (Å²) in [4.78, 5) is 23.4. The van der Waals surface area contributed by atoms with Crippen LogP contribution in [0.25, 0.3) is 0 Å². The van der Waals surface area contributed by atoms with Crippen LogP contribution < -0.4 is 5.32 Å². The van der Waals surface area contributed by atoms with Gasteiger partial charge >= 0.3 is 11.9 Å². The summed E-state index contributed by atoms with van der Waals surface area (Å²) < 4.78 is 15.2. The van der Waals surface area contributed by atoms with E-state index in [4.69, 9.17) is 14.2 Å². The minimum Gasteiger partial charge on any atom is -0.465 e. The zero-order valence-corrected chi connectivity index (χ0v) is 17.6. The number of ether oxygens (including phenoxy) is 3. The highest BCUT2D eigenvalue weighted by atomic mass is 16.6. The molecule has 2 N–H and O–H groups in total. The number of aliphatic hydroxyl groups is 1. The van der Waals surface area contributed by atoms with Crippen molar-refractivity contribution in [2.45, 2.75) is 83.8 Å². The van der Waals surface area contributed by atoms with Gasteiger partial charge < -0.3 is 24.6 Å². The average Bonchev–Trinajstić information content (AvgIpc) is 2.70. The molecule has 0 aromatic heterocycles. The van der Waals surface area contributed by atoms with Crippen LogP contribution in [0.15, 0.2) is 0 Å². The Kier molecular flexibility index (Phi) is 13.9. The first kappa shape index (κ1) is 24.9. The number of nitrogens with one attached hydrogen (secondary N) is 1. The highest BCUT2D eigenvalue weighted by molar-refractivity contribution is 5.75. The average molecular weight is 402 g/mol. The van der Waals surface area contributed by atoms with Gasteiger partial charge in [0.2, 0.25) is 0 Å². The smallest absolute Gasteiger partial charge is 0.332 e. The van der Waals surface area contributed by atoms with E-state index in [9.17, 15) is 14.7 Å². The van der Waals surface area contributed by atoms with E-state index in [1.54, 1.807) is 13.8 Å². The zero-order chi connectivity index (χ0) is 20.6. The molecule has 0 bridgehead atoms. The number of rotatable bonds is 15. The molecule has 0 spiro atoms. The summed E-state index contributed by atoms with van der Waals surface area (Å²) in [7, 11) is 0. The van der Waals surface area contributed by atoms with Gasteiger partial charge in [-0.2, -0.15) is 0 Å². The van der Waals surface area contributed by atoms with Gasteiger partial charge in [-0.1, -0.05) is 19.3 Å². The lowest BCUT2D eigenvalue weighted by molar-refractivity contribution is -0.148. The van der Waals surface area contributed by atoms with Crippen molar-refractivity contribution < 1.29 is 28.9 Å². The van der Waals surface area contributed by atoms with Gasteiger partial charge in [-0.05, 0) is 64.8 Å². The number of unbranched alkanes of at least 4 members (excludes halogenated alkanes) is 1. The predicted octanol–water partition coefficient (Wildman–Crippen LogP) is 2.59. The van der Waals surface area contributed by atoms with E-state index >= 15 is 0 Å². The first-order valence-electron chi connectivity index (χ1n) is 10.9. The third kappa shape index (κ3) is 11.0. The van der Waals surface area contributed by atoms with Gasteiger partial charge in [-0.25, -0.2) is 4.79 Å². The molecule has 0 aromatic carbocycles. The molecule has 7 nitrogen and oxygen atoms in total. The summed E-state index contributed by atoms with van der Waals surface area (Å²) in [5, 5.41) is 13.6. The second-order valence-electron chi connectivity index (χ2n) is 7.37. The maximum Gasteiger partial charge on any atom is 0.332 e. The van der Waals surface area contributed by atoms with Crippen molar-refractivity contribution in [1.82, 2.24) is 5.32 Å². The molecule has 0 aliphatic heterocycles. The monoisotopic (exact) mass is 401 g/mol. The summed E-state index contributed by atoms with van der Waals surface area (Å²) in [5.74, 6) is -0.208. The van der Waals surface area contributed by atoms with Crippen LogP contribution in [0.1, 0.15) is 71.6 Å². The Morgan fingerprint density at radius 3 is 2.43 bits per heavy atom. The van der Waals surface area contributed by atoms with E-state index < -0.39 is 0 Å². The van der Waals surface area contributed by atoms with Crippen molar-refractivity contribution in [2.24, 2.45) is 5.92 Å². The van der Waals surface area contributed by atoms with E-state index in [0.29, 0.717) is 45.1 Å². The van der Waals surface area contributed by atoms with E-state index in [0.717, 1.165) is 25.7 Å². The molecule has 0 aromatic rings. The molecule has 2 unspecified atom stereocenters. The first-order valence-corrected chi connectivity index (χ1v) is 10.9. The van der Waals surface area contributed by atoms with Crippen LogP contribution in [0.3, 0.4) is 0 Å². The minimum atomic E-state index is -0.372. The Bertz CT molecular complexity index is 425. The third-order valence-corrected chi connectivity index (χ3v) is 5.15. The highest BCUT2D eigenvalue weighted by Crippen LogP contribution is 2.27. The lowest BCUT2D eigenvalue weighted by atomic mass is 9.84. The number of hydrogen-bond acceptors (Lipinski definition) is 7. The minimum absolute atomic E-state index is 0.0353. The molecule has 164 valence electrons. The van der Waals surface area contributed by atoms with E-state index in [1.807, 2.05) is 0 Å². The normalized spacial score (nSPS) is 17.1. The Balaban J connectivity index is 2.24. The Hall–Kier alpha value is -1.18. The fourth-order valence-corrected chi connectivity index (χ4v) is 3.62. The number of carbonyl (C=O) groups is 2. The molecule has 0 radical (unpaired) electrons. The molecule has 0 heterocycles. The van der Waals surface area contributed by atoms with Crippen molar-refractivity contribution in [3.63, 3.8) is 0 Å². The van der Waals surface area contributed by atoms with Gasteiger partial charge in [0, 0.05) is 6.61 Å². The van der Waals surface area contributed by atoms with Crippen LogP contribution >= 0.6 is 0 Å². The van der Waals surface area contributed by atoms with Crippen LogP contribution in [-0.2, 0) is 23.8 Å². The number of carbonyl (C=O) groups excluding carboxylic acids is 2. The molecule has 1 saturated carbocycles. The summed E-state index contributed by atoms with van der Waals surface area (Å²) in [6.45, 7) is 5.27. The Labute approximate surface area is 169 Å². The lowest BCUT2D eigenvalue weighted by Gasteiger charge is -2.27. The Morgan fingerprint density at radius 2 is 1.75 bits per heavy atom. The molecule has 7 heteroatoms. The van der Waals surface area contributed by atoms with Gasteiger partial charge in [-0.3, -0.25) is 4.79 Å². The van der Waals surface area contributed by atoms with Gasteiger partial charge in [0.05, 0.1) is 19.3 Å². The molecular weight excluding hydrogens is 362 g/mol. The first-order chi connectivity index (χ1) is 13.6. The fourth-order valence-electron chi connectivity index (χ4n) is 3.62. The number of aliphatic hydroxyl groups excluding tert-OH is 1. The molecular formula is C21H39NO6. The SMILES string of the molecule is CCOC(=O)COCCCCC(NCCC(O)C1CCCCC1)C(=O)OCC. The van der Waals surface area contributed by atoms with E-state index in [2.05, 4.69) is 5.32 Å². The van der Waals surface area contributed by atoms with Crippen LogP contribution in [0.2, 0.25) is 0 Å². The van der Waals surface area contributed by atoms with Crippen molar-refractivity contribution in [1.29, 1.82) is 0 Å². The topological polar surface area (TPSA) is 94.1 Å². The van der Waals surface area contributed by atoms with Crippen molar-refractivity contribution in [3.05, 3.63) is 0 Å². The standard InChI is InChI=1S/C21H39NO6/c1-3-27-20(24)16-26-15-9-8-12-18(21(25)28-4-2)22-14-13-19(23)17-10-6-5-7-11-17/h17-19,22-23H,3-16H2,1-2H3. The van der Waals surface area contributed by atoms with Crippen LogP contribution in [0, 0.1) is 5.92 Å². The van der Waals surface area contributed by atoms with Gasteiger partial charge in [0.1, 0.15) is 12.6 Å². The summed E-state index contributed by atoms with van der Waals surface area (Å²) >= 11 is 0. The van der Waals surface area contributed by atoms with Crippen molar-refractivity contribution >= 4 is 11.9 Å². The fraction of sp³-hybridized carbons (Fsp3) is 0.905. The summed E-state index contributed by atoms with van der Waals surface area (Å²) in [5.41, 5.74) is 0. The van der Waals surface area contributed by atoms with Crippen molar-refractivity contribution in [3.8, 4) is 0 Å². The van der Waals surface area contributed by atoms with Crippen LogP contribution in [0.4, 0.5) is 0 Å². The highest BCUT2D eigenvalue weighted by Gasteiger charge is 2.23. The lowest BCUT2D eigenvalue weighted by Crippen LogP contribution is -2.40. The Morgan fingerprint density at radius 1 is 1.04 bits per heavy atom. The molecule has 1 aliphatic rings. The molecule has 2 atom stereocenters. The predicted molar refractivity (Wildman–Crippen MR) is 107 cm³/mol. The molecule has 1 fully saturated rings. The summed E-state index contributed by atoms with van der Waals surface area (Å²) in [6, 6.07) is -0.372. The molecule has 0 amide bonds. The van der Waals surface area contributed by atoms with Crippen LogP contribution in [0.5, 0.6) is 0 Å². The quantitative estimate of drug-likeness (QED) is 0.322. The van der Waals surface area contributed by atoms with E-state index in [-0.39, 0.29) is 30.7 Å². The maximum atomic E-state index is 12.2. The number of hydrogen-bond donors (Lipinski definition) is 2. The molecule has 1 rings (SSSR count). The second kappa shape index (κ2) is 15.7. The maximum absolute atomic E-state index is 12.2.